The van der Waals surface area contributed by atoms with E-state index in [1.807, 2.05) is 0 Å². The first-order valence-electron chi connectivity index (χ1n) is 6.36. The third-order valence-corrected chi connectivity index (χ3v) is 2.48. The first-order chi connectivity index (χ1) is 9.92. The number of amides is 2. The lowest BCUT2D eigenvalue weighted by Crippen LogP contribution is -2.53. The molecule has 0 aliphatic carbocycles. The number of aliphatic imine (C=N–C) groups is 1. The van der Waals surface area contributed by atoms with Crippen LogP contribution in [0.2, 0.25) is 0 Å². The summed E-state index contributed by atoms with van der Waals surface area (Å²) in [6.07, 6.45) is 1.30. The van der Waals surface area contributed by atoms with Crippen LogP contribution in [-0.2, 0) is 14.4 Å². The Labute approximate surface area is 122 Å². The number of aliphatic hydroxyl groups excluding tert-OH is 1. The summed E-state index contributed by atoms with van der Waals surface area (Å²) in [6.45, 7) is -0.459. The van der Waals surface area contributed by atoms with Gasteiger partial charge in [0.1, 0.15) is 12.3 Å². The SMILES string of the molecule is NC(N)=NCCC[C@H](N)C(=O)N[C@@H](CO)C(=O)NCC=O. The van der Waals surface area contributed by atoms with Gasteiger partial charge in [-0.25, -0.2) is 0 Å². The first kappa shape index (κ1) is 18.8. The molecule has 0 spiro atoms. The van der Waals surface area contributed by atoms with Crippen molar-refractivity contribution in [3.63, 3.8) is 0 Å². The van der Waals surface area contributed by atoms with Gasteiger partial charge in [0, 0.05) is 6.54 Å². The Hall–Kier alpha value is -2.20. The van der Waals surface area contributed by atoms with Gasteiger partial charge in [-0.3, -0.25) is 14.6 Å². The summed E-state index contributed by atoms with van der Waals surface area (Å²) in [5, 5.41) is 13.6. The summed E-state index contributed by atoms with van der Waals surface area (Å²) < 4.78 is 0. The van der Waals surface area contributed by atoms with Crippen molar-refractivity contribution in [3.05, 3.63) is 0 Å². The molecule has 0 rings (SSSR count). The molecule has 0 fully saturated rings. The topological polar surface area (TPSA) is 186 Å². The van der Waals surface area contributed by atoms with E-state index in [9.17, 15) is 14.4 Å². The average molecular weight is 302 g/mol. The normalized spacial score (nSPS) is 12.9. The van der Waals surface area contributed by atoms with Gasteiger partial charge < -0.3 is 37.7 Å². The number of hydrogen-bond acceptors (Lipinski definition) is 6. The highest BCUT2D eigenvalue weighted by Crippen LogP contribution is 1.96. The van der Waals surface area contributed by atoms with Gasteiger partial charge in [-0.2, -0.15) is 0 Å². The van der Waals surface area contributed by atoms with Crippen LogP contribution in [0.25, 0.3) is 0 Å². The molecule has 10 nitrogen and oxygen atoms in total. The highest BCUT2D eigenvalue weighted by atomic mass is 16.3. The van der Waals surface area contributed by atoms with Gasteiger partial charge in [-0.05, 0) is 12.8 Å². The van der Waals surface area contributed by atoms with Crippen molar-refractivity contribution in [1.29, 1.82) is 0 Å². The molecule has 0 heterocycles. The van der Waals surface area contributed by atoms with E-state index in [0.717, 1.165) is 0 Å². The molecule has 21 heavy (non-hydrogen) atoms. The lowest BCUT2D eigenvalue weighted by atomic mass is 10.1. The lowest BCUT2D eigenvalue weighted by Gasteiger charge is -2.18. The molecule has 0 unspecified atom stereocenters. The summed E-state index contributed by atoms with van der Waals surface area (Å²) in [6, 6.07) is -2.01. The smallest absolute Gasteiger partial charge is 0.245 e. The van der Waals surface area contributed by atoms with Crippen molar-refractivity contribution >= 4 is 24.1 Å². The van der Waals surface area contributed by atoms with Crippen LogP contribution in [0, 0.1) is 0 Å². The van der Waals surface area contributed by atoms with Crippen molar-refractivity contribution in [2.45, 2.75) is 24.9 Å². The van der Waals surface area contributed by atoms with E-state index in [4.69, 9.17) is 22.3 Å². The summed E-state index contributed by atoms with van der Waals surface area (Å²) in [5.41, 5.74) is 15.9. The Balaban J connectivity index is 4.20. The molecule has 120 valence electrons. The van der Waals surface area contributed by atoms with Crippen LogP contribution in [0.3, 0.4) is 0 Å². The molecule has 0 saturated heterocycles. The zero-order valence-electron chi connectivity index (χ0n) is 11.6. The highest BCUT2D eigenvalue weighted by Gasteiger charge is 2.22. The minimum atomic E-state index is -1.15. The Kier molecular flexibility index (Phi) is 9.46. The zero-order valence-corrected chi connectivity index (χ0v) is 11.6. The number of carbonyl (C=O) groups excluding carboxylic acids is 3. The molecule has 2 atom stereocenters. The molecule has 2 amide bonds. The van der Waals surface area contributed by atoms with Crippen molar-refractivity contribution in [2.75, 3.05) is 19.7 Å². The van der Waals surface area contributed by atoms with Crippen LogP contribution in [0.1, 0.15) is 12.8 Å². The molecule has 0 radical (unpaired) electrons. The maximum atomic E-state index is 11.7. The molecule has 0 aliphatic heterocycles. The van der Waals surface area contributed by atoms with E-state index in [1.54, 1.807) is 0 Å². The van der Waals surface area contributed by atoms with E-state index in [2.05, 4.69) is 15.6 Å². The number of hydrogen-bond donors (Lipinski definition) is 6. The van der Waals surface area contributed by atoms with E-state index in [-0.39, 0.29) is 12.5 Å². The number of aliphatic hydroxyl groups is 1. The minimum Gasteiger partial charge on any atom is -0.394 e. The fraction of sp³-hybridized carbons (Fsp3) is 0.636. The fourth-order valence-electron chi connectivity index (χ4n) is 1.39. The molecule has 0 bridgehead atoms. The molecule has 0 aromatic carbocycles. The highest BCUT2D eigenvalue weighted by molar-refractivity contribution is 5.90. The molecule has 9 N–H and O–H groups in total. The van der Waals surface area contributed by atoms with Crippen molar-refractivity contribution in [2.24, 2.45) is 22.2 Å². The molecule has 0 aromatic rings. The van der Waals surface area contributed by atoms with Gasteiger partial charge in [0.15, 0.2) is 5.96 Å². The van der Waals surface area contributed by atoms with Crippen molar-refractivity contribution in [3.8, 4) is 0 Å². The fourth-order valence-corrected chi connectivity index (χ4v) is 1.39. The predicted molar refractivity (Wildman–Crippen MR) is 76.0 cm³/mol. The van der Waals surface area contributed by atoms with Crippen molar-refractivity contribution in [1.82, 2.24) is 10.6 Å². The van der Waals surface area contributed by atoms with Gasteiger partial charge in [-0.1, -0.05) is 0 Å². The third-order valence-electron chi connectivity index (χ3n) is 2.48. The second kappa shape index (κ2) is 10.6. The number of nitrogens with two attached hydrogens (primary N) is 3. The number of nitrogens with one attached hydrogen (secondary N) is 2. The molecular formula is C11H22N6O4. The van der Waals surface area contributed by atoms with E-state index < -0.39 is 30.5 Å². The number of nitrogens with zero attached hydrogens (tertiary/aromatic N) is 1. The van der Waals surface area contributed by atoms with Gasteiger partial charge in [0.2, 0.25) is 11.8 Å². The van der Waals surface area contributed by atoms with Gasteiger partial charge in [0.05, 0.1) is 19.2 Å². The maximum Gasteiger partial charge on any atom is 0.245 e. The van der Waals surface area contributed by atoms with E-state index >= 15 is 0 Å². The summed E-state index contributed by atoms with van der Waals surface area (Å²) in [5.74, 6) is -1.29. The number of rotatable bonds is 10. The van der Waals surface area contributed by atoms with Gasteiger partial charge in [0.25, 0.3) is 0 Å². The first-order valence-corrected chi connectivity index (χ1v) is 6.36. The van der Waals surface area contributed by atoms with Crippen LogP contribution < -0.4 is 27.8 Å². The van der Waals surface area contributed by atoms with Crippen LogP contribution in [0.4, 0.5) is 0 Å². The average Bonchev–Trinajstić information content (AvgIpc) is 2.45. The second-order valence-corrected chi connectivity index (χ2v) is 4.21. The van der Waals surface area contributed by atoms with Crippen LogP contribution in [0.15, 0.2) is 4.99 Å². The summed E-state index contributed by atoms with van der Waals surface area (Å²) in [4.78, 5) is 37.1. The van der Waals surface area contributed by atoms with Crippen LogP contribution >= 0.6 is 0 Å². The minimum absolute atomic E-state index is 0.0415. The Morgan fingerprint density at radius 3 is 2.48 bits per heavy atom. The molecule has 0 saturated carbocycles. The number of carbonyl (C=O) groups is 3. The van der Waals surface area contributed by atoms with E-state index in [1.165, 1.54) is 0 Å². The maximum absolute atomic E-state index is 11.7. The molecule has 0 aromatic heterocycles. The second-order valence-electron chi connectivity index (χ2n) is 4.21. The summed E-state index contributed by atoms with van der Waals surface area (Å²) >= 11 is 0. The zero-order chi connectivity index (χ0) is 16.3. The summed E-state index contributed by atoms with van der Waals surface area (Å²) in [7, 11) is 0. The van der Waals surface area contributed by atoms with E-state index in [0.29, 0.717) is 25.7 Å². The molecule has 10 heteroatoms. The van der Waals surface area contributed by atoms with Crippen molar-refractivity contribution < 1.29 is 19.5 Å². The Bertz CT molecular complexity index is 383. The predicted octanol–water partition coefficient (Wildman–Crippen LogP) is -3.84. The Morgan fingerprint density at radius 2 is 1.95 bits per heavy atom. The molecule has 0 aliphatic rings. The standard InChI is InChI=1S/C11H22N6O4/c12-7(2-1-3-16-11(13)14)9(20)17-8(6-19)10(21)15-4-5-18/h5,7-8,19H,1-4,6,12H2,(H,15,21)(H,17,20)(H4,13,14,16)/t7-,8-/m0/s1. The largest absolute Gasteiger partial charge is 0.394 e. The van der Waals surface area contributed by atoms with Crippen LogP contribution in [0.5, 0.6) is 0 Å². The third kappa shape index (κ3) is 8.55. The Morgan fingerprint density at radius 1 is 1.29 bits per heavy atom. The number of guanidine groups is 1. The quantitative estimate of drug-likeness (QED) is 0.103. The lowest BCUT2D eigenvalue weighted by molar-refractivity contribution is -0.130. The van der Waals surface area contributed by atoms with Gasteiger partial charge >= 0.3 is 0 Å². The monoisotopic (exact) mass is 302 g/mol. The van der Waals surface area contributed by atoms with Gasteiger partial charge in [-0.15, -0.1) is 0 Å². The van der Waals surface area contributed by atoms with Crippen LogP contribution in [-0.4, -0.2) is 60.9 Å². The molecular weight excluding hydrogens is 280 g/mol. The number of aldehydes is 1.